The molecule has 1 aliphatic rings. The zero-order chi connectivity index (χ0) is 17.2. The largest absolute Gasteiger partial charge is 0.393 e. The SMILES string of the molecule is C/C=C/C(=C\NC)c1ccc2c(n1)CC=C2c1ccc2[nH]ncc2c1. The average Bonchev–Trinajstić information content (AvgIpc) is 3.26. The molecule has 0 aliphatic heterocycles. The second kappa shape index (κ2) is 6.40. The van der Waals surface area contributed by atoms with Crippen LogP contribution < -0.4 is 5.32 Å². The first-order chi connectivity index (χ1) is 12.3. The minimum Gasteiger partial charge on any atom is -0.393 e. The minimum absolute atomic E-state index is 0.866. The van der Waals surface area contributed by atoms with Crippen LogP contribution in [0.4, 0.5) is 0 Å². The van der Waals surface area contributed by atoms with E-state index in [1.807, 2.05) is 32.4 Å². The van der Waals surface area contributed by atoms with Gasteiger partial charge in [0.25, 0.3) is 0 Å². The van der Waals surface area contributed by atoms with Crippen molar-refractivity contribution in [3.05, 3.63) is 83.5 Å². The number of pyridine rings is 1. The molecule has 0 atom stereocenters. The molecule has 1 aromatic carbocycles. The topological polar surface area (TPSA) is 53.6 Å². The van der Waals surface area contributed by atoms with Crippen molar-refractivity contribution in [2.45, 2.75) is 13.3 Å². The van der Waals surface area contributed by atoms with E-state index in [1.165, 1.54) is 16.7 Å². The summed E-state index contributed by atoms with van der Waals surface area (Å²) in [4.78, 5) is 4.89. The van der Waals surface area contributed by atoms with Gasteiger partial charge in [-0.05, 0) is 36.3 Å². The number of allylic oxidation sites excluding steroid dienone is 4. The van der Waals surface area contributed by atoms with Crippen molar-refractivity contribution in [1.29, 1.82) is 0 Å². The van der Waals surface area contributed by atoms with Crippen molar-refractivity contribution in [2.75, 3.05) is 7.05 Å². The maximum absolute atomic E-state index is 4.89. The van der Waals surface area contributed by atoms with Crippen LogP contribution in [0.1, 0.15) is 29.4 Å². The molecule has 2 N–H and O–H groups in total. The number of H-pyrrole nitrogens is 1. The molecule has 0 fully saturated rings. The Morgan fingerprint density at radius 2 is 2.16 bits per heavy atom. The number of aromatic amines is 1. The number of benzene rings is 1. The second-order valence-electron chi connectivity index (χ2n) is 6.07. The van der Waals surface area contributed by atoms with Gasteiger partial charge in [-0.3, -0.25) is 10.1 Å². The lowest BCUT2D eigenvalue weighted by Crippen LogP contribution is -1.99. The first-order valence-corrected chi connectivity index (χ1v) is 8.44. The lowest BCUT2D eigenvalue weighted by Gasteiger charge is -2.09. The Labute approximate surface area is 147 Å². The van der Waals surface area contributed by atoms with Gasteiger partial charge < -0.3 is 5.32 Å². The molecule has 0 spiro atoms. The summed E-state index contributed by atoms with van der Waals surface area (Å²) in [6, 6.07) is 10.7. The Balaban J connectivity index is 1.72. The summed E-state index contributed by atoms with van der Waals surface area (Å²) in [7, 11) is 1.91. The average molecular weight is 328 g/mol. The Morgan fingerprint density at radius 1 is 1.24 bits per heavy atom. The van der Waals surface area contributed by atoms with Gasteiger partial charge in [0.15, 0.2) is 0 Å². The van der Waals surface area contributed by atoms with Gasteiger partial charge in [0.1, 0.15) is 0 Å². The molecule has 0 saturated carbocycles. The van der Waals surface area contributed by atoms with Crippen LogP contribution in [0.25, 0.3) is 22.0 Å². The van der Waals surface area contributed by atoms with E-state index in [9.17, 15) is 0 Å². The maximum atomic E-state index is 4.89. The normalized spacial score (nSPS) is 14.2. The smallest absolute Gasteiger partial charge is 0.0720 e. The van der Waals surface area contributed by atoms with E-state index in [1.54, 1.807) is 0 Å². The molecule has 0 unspecified atom stereocenters. The molecule has 0 saturated heterocycles. The monoisotopic (exact) mass is 328 g/mol. The molecule has 0 radical (unpaired) electrons. The van der Waals surface area contributed by atoms with E-state index >= 15 is 0 Å². The Kier molecular flexibility index (Phi) is 3.94. The highest BCUT2D eigenvalue weighted by atomic mass is 15.1. The molecule has 2 aromatic heterocycles. The quantitative estimate of drug-likeness (QED) is 0.710. The van der Waals surface area contributed by atoms with E-state index in [2.05, 4.69) is 58.0 Å². The molecule has 124 valence electrons. The van der Waals surface area contributed by atoms with Gasteiger partial charge in [-0.2, -0.15) is 5.10 Å². The third-order valence-corrected chi connectivity index (χ3v) is 4.46. The van der Waals surface area contributed by atoms with Crippen LogP contribution in [0.2, 0.25) is 0 Å². The number of hydrogen-bond acceptors (Lipinski definition) is 3. The number of rotatable bonds is 4. The first kappa shape index (κ1) is 15.4. The van der Waals surface area contributed by atoms with Gasteiger partial charge >= 0.3 is 0 Å². The van der Waals surface area contributed by atoms with E-state index in [0.29, 0.717) is 0 Å². The predicted octanol–water partition coefficient (Wildman–Crippen LogP) is 4.08. The van der Waals surface area contributed by atoms with Crippen molar-refractivity contribution in [2.24, 2.45) is 0 Å². The molecular formula is C21H20N4. The summed E-state index contributed by atoms with van der Waals surface area (Å²) in [5.74, 6) is 0. The van der Waals surface area contributed by atoms with Crippen LogP contribution in [0.5, 0.6) is 0 Å². The number of hydrogen-bond donors (Lipinski definition) is 2. The van der Waals surface area contributed by atoms with Crippen LogP contribution in [0, 0.1) is 0 Å². The Morgan fingerprint density at radius 3 is 3.00 bits per heavy atom. The van der Waals surface area contributed by atoms with Gasteiger partial charge in [-0.1, -0.05) is 30.4 Å². The molecule has 2 heterocycles. The molecule has 1 aliphatic carbocycles. The zero-order valence-corrected chi connectivity index (χ0v) is 14.4. The van der Waals surface area contributed by atoms with Crippen molar-refractivity contribution >= 4 is 22.0 Å². The summed E-state index contributed by atoms with van der Waals surface area (Å²) in [5, 5.41) is 11.3. The van der Waals surface area contributed by atoms with Crippen molar-refractivity contribution < 1.29 is 0 Å². The van der Waals surface area contributed by atoms with Gasteiger partial charge in [0.2, 0.25) is 0 Å². The van der Waals surface area contributed by atoms with E-state index in [-0.39, 0.29) is 0 Å². The fourth-order valence-electron chi connectivity index (χ4n) is 3.30. The van der Waals surface area contributed by atoms with E-state index in [0.717, 1.165) is 34.3 Å². The summed E-state index contributed by atoms with van der Waals surface area (Å²) in [6.07, 6.45) is 11.1. The fourth-order valence-corrected chi connectivity index (χ4v) is 3.30. The highest BCUT2D eigenvalue weighted by Crippen LogP contribution is 2.33. The summed E-state index contributed by atoms with van der Waals surface area (Å²) in [6.45, 7) is 2.02. The highest BCUT2D eigenvalue weighted by molar-refractivity contribution is 5.89. The minimum atomic E-state index is 0.866. The fraction of sp³-hybridized carbons (Fsp3) is 0.143. The van der Waals surface area contributed by atoms with E-state index in [4.69, 9.17) is 4.98 Å². The van der Waals surface area contributed by atoms with Gasteiger partial charge in [-0.25, -0.2) is 0 Å². The van der Waals surface area contributed by atoms with Crippen LogP contribution in [-0.2, 0) is 6.42 Å². The van der Waals surface area contributed by atoms with Crippen molar-refractivity contribution in [1.82, 2.24) is 20.5 Å². The number of aromatic nitrogens is 3. The van der Waals surface area contributed by atoms with Gasteiger partial charge in [0.05, 0.1) is 23.1 Å². The van der Waals surface area contributed by atoms with Crippen molar-refractivity contribution in [3.63, 3.8) is 0 Å². The van der Waals surface area contributed by atoms with Gasteiger partial charge in [0, 0.05) is 36.2 Å². The standard InChI is InChI=1S/C21H20N4/c1-3-4-15(12-22-2)19-9-7-18-17(6-10-21(18)24-19)14-5-8-20-16(11-14)13-23-25-20/h3-9,11-13,22H,10H2,1-2H3,(H,23,25)/b4-3+,15-12+. The van der Waals surface area contributed by atoms with Gasteiger partial charge in [-0.15, -0.1) is 0 Å². The molecule has 4 heteroatoms. The summed E-state index contributed by atoms with van der Waals surface area (Å²) in [5.41, 5.74) is 7.95. The van der Waals surface area contributed by atoms with Crippen LogP contribution in [0.3, 0.4) is 0 Å². The molecule has 4 rings (SSSR count). The third-order valence-electron chi connectivity index (χ3n) is 4.46. The lowest BCUT2D eigenvalue weighted by atomic mass is 9.99. The number of nitrogens with one attached hydrogen (secondary N) is 2. The predicted molar refractivity (Wildman–Crippen MR) is 103 cm³/mol. The van der Waals surface area contributed by atoms with Crippen molar-refractivity contribution in [3.8, 4) is 0 Å². The Hall–Kier alpha value is -3.14. The molecular weight excluding hydrogens is 308 g/mol. The summed E-state index contributed by atoms with van der Waals surface area (Å²) < 4.78 is 0. The van der Waals surface area contributed by atoms with Crippen LogP contribution >= 0.6 is 0 Å². The molecule has 0 amide bonds. The highest BCUT2D eigenvalue weighted by Gasteiger charge is 2.18. The molecule has 0 bridgehead atoms. The van der Waals surface area contributed by atoms with Crippen LogP contribution in [-0.4, -0.2) is 22.2 Å². The zero-order valence-electron chi connectivity index (χ0n) is 14.4. The number of fused-ring (bicyclic) bond motifs is 2. The maximum Gasteiger partial charge on any atom is 0.0720 e. The Bertz CT molecular complexity index is 1020. The molecule has 4 nitrogen and oxygen atoms in total. The molecule has 3 aromatic rings. The second-order valence-corrected chi connectivity index (χ2v) is 6.07. The lowest BCUT2D eigenvalue weighted by molar-refractivity contribution is 1.08. The number of nitrogens with zero attached hydrogens (tertiary/aromatic N) is 2. The first-order valence-electron chi connectivity index (χ1n) is 8.44. The summed E-state index contributed by atoms with van der Waals surface area (Å²) >= 11 is 0. The third kappa shape index (κ3) is 2.76. The molecule has 25 heavy (non-hydrogen) atoms. The van der Waals surface area contributed by atoms with E-state index < -0.39 is 0 Å². The van der Waals surface area contributed by atoms with Crippen LogP contribution in [0.15, 0.2) is 61.0 Å².